The summed E-state index contributed by atoms with van der Waals surface area (Å²) < 4.78 is 39.0. The van der Waals surface area contributed by atoms with Gasteiger partial charge >= 0.3 is 0 Å². The van der Waals surface area contributed by atoms with Gasteiger partial charge in [-0.25, -0.2) is 12.8 Å². The second kappa shape index (κ2) is 8.43. The van der Waals surface area contributed by atoms with Crippen LogP contribution < -0.4 is 0 Å². The van der Waals surface area contributed by atoms with Crippen LogP contribution in [0, 0.1) is 11.7 Å². The number of fused-ring (bicyclic) bond motifs is 1. The van der Waals surface area contributed by atoms with Crippen molar-refractivity contribution in [1.82, 2.24) is 4.57 Å². The minimum absolute atomic E-state index is 0.0739. The Morgan fingerprint density at radius 3 is 2.55 bits per heavy atom. The van der Waals surface area contributed by atoms with E-state index in [-0.39, 0.29) is 35.4 Å². The van der Waals surface area contributed by atoms with Gasteiger partial charge in [0.05, 0.1) is 17.0 Å². The fraction of sp³-hybridized carbons (Fsp3) is 0.192. The molecule has 1 atom stereocenters. The number of sulfone groups is 1. The van der Waals surface area contributed by atoms with Crippen LogP contribution in [0.3, 0.4) is 0 Å². The molecule has 4 aromatic rings. The van der Waals surface area contributed by atoms with E-state index in [0.29, 0.717) is 17.0 Å². The van der Waals surface area contributed by atoms with E-state index >= 15 is 0 Å². The van der Waals surface area contributed by atoms with E-state index in [1.807, 2.05) is 47.2 Å². The van der Waals surface area contributed by atoms with E-state index in [9.17, 15) is 17.6 Å². The molecule has 0 radical (unpaired) electrons. The molecule has 0 amide bonds. The molecule has 33 heavy (non-hydrogen) atoms. The summed E-state index contributed by atoms with van der Waals surface area (Å²) in [6.07, 6.45) is 2.70. The predicted molar refractivity (Wildman–Crippen MR) is 129 cm³/mol. The summed E-state index contributed by atoms with van der Waals surface area (Å²) in [7, 11) is -3.03. The number of halogens is 2. The Kier molecular flexibility index (Phi) is 5.59. The molecule has 0 saturated carbocycles. The van der Waals surface area contributed by atoms with Crippen molar-refractivity contribution in [2.24, 2.45) is 5.92 Å². The van der Waals surface area contributed by atoms with Crippen LogP contribution in [0.15, 0.2) is 72.9 Å². The number of hydrogen-bond donors (Lipinski definition) is 0. The maximum atomic E-state index is 13.5. The van der Waals surface area contributed by atoms with E-state index < -0.39 is 9.84 Å². The normalized spacial score (nSPS) is 17.5. The zero-order valence-corrected chi connectivity index (χ0v) is 19.2. The second-order valence-corrected chi connectivity index (χ2v) is 11.2. The summed E-state index contributed by atoms with van der Waals surface area (Å²) in [5.74, 6) is -0.307. The highest BCUT2D eigenvalue weighted by atomic mass is 35.5. The van der Waals surface area contributed by atoms with Gasteiger partial charge in [0.25, 0.3) is 0 Å². The smallest absolute Gasteiger partial charge is 0.163 e. The van der Waals surface area contributed by atoms with Crippen LogP contribution in [-0.2, 0) is 9.84 Å². The summed E-state index contributed by atoms with van der Waals surface area (Å²) in [5, 5.41) is 1.55. The molecule has 5 rings (SSSR count). The Morgan fingerprint density at radius 1 is 1.06 bits per heavy atom. The first-order valence-corrected chi connectivity index (χ1v) is 12.9. The van der Waals surface area contributed by atoms with E-state index in [1.165, 1.54) is 12.1 Å². The van der Waals surface area contributed by atoms with Crippen molar-refractivity contribution in [2.75, 3.05) is 11.5 Å². The Bertz CT molecular complexity index is 1480. The number of aromatic nitrogens is 1. The van der Waals surface area contributed by atoms with Crippen LogP contribution in [0.1, 0.15) is 23.2 Å². The van der Waals surface area contributed by atoms with Crippen molar-refractivity contribution < 1.29 is 17.6 Å². The molecule has 3 aromatic carbocycles. The summed E-state index contributed by atoms with van der Waals surface area (Å²) in [5.41, 5.74) is 3.98. The first-order valence-electron chi connectivity index (χ1n) is 10.7. The molecule has 1 aliphatic rings. The van der Waals surface area contributed by atoms with E-state index in [2.05, 4.69) is 0 Å². The lowest BCUT2D eigenvalue weighted by Gasteiger charge is -2.09. The van der Waals surface area contributed by atoms with Gasteiger partial charge < -0.3 is 4.57 Å². The molecule has 4 nitrogen and oxygen atoms in total. The SMILES string of the molecule is O=C(CC1CCS(=O)(=O)C1)c1ccc2c(-c3cccc(Cl)c3)cn(-c3ccc(F)cc3)c2c1. The Morgan fingerprint density at radius 2 is 1.85 bits per heavy atom. The maximum Gasteiger partial charge on any atom is 0.163 e. The Balaban J connectivity index is 1.59. The number of hydrogen-bond acceptors (Lipinski definition) is 3. The van der Waals surface area contributed by atoms with E-state index in [4.69, 9.17) is 11.6 Å². The number of rotatable bonds is 5. The number of Topliss-reactive ketones (excluding diaryl/α,β-unsaturated/α-hetero) is 1. The minimum Gasteiger partial charge on any atom is -0.316 e. The zero-order valence-electron chi connectivity index (χ0n) is 17.7. The second-order valence-electron chi connectivity index (χ2n) is 8.53. The molecule has 1 fully saturated rings. The third kappa shape index (κ3) is 4.45. The average molecular weight is 482 g/mol. The molecule has 0 bridgehead atoms. The predicted octanol–water partition coefficient (Wildman–Crippen LogP) is 6.10. The molecular weight excluding hydrogens is 461 g/mol. The van der Waals surface area contributed by atoms with E-state index in [0.717, 1.165) is 27.7 Å². The van der Waals surface area contributed by atoms with Crippen LogP contribution in [0.2, 0.25) is 5.02 Å². The highest BCUT2D eigenvalue weighted by molar-refractivity contribution is 7.91. The van der Waals surface area contributed by atoms with Gasteiger partial charge in [-0.05, 0) is 60.4 Å². The third-order valence-corrected chi connectivity index (χ3v) is 8.24. The Hall–Kier alpha value is -2.96. The van der Waals surface area contributed by atoms with Gasteiger partial charge in [0.1, 0.15) is 5.82 Å². The van der Waals surface area contributed by atoms with Gasteiger partial charge in [-0.1, -0.05) is 35.9 Å². The van der Waals surface area contributed by atoms with Crippen molar-refractivity contribution in [2.45, 2.75) is 12.8 Å². The van der Waals surface area contributed by atoms with Crippen molar-refractivity contribution in [3.63, 3.8) is 0 Å². The quantitative estimate of drug-likeness (QED) is 0.324. The van der Waals surface area contributed by atoms with Crippen molar-refractivity contribution in [3.8, 4) is 16.8 Å². The molecule has 2 heterocycles. The molecule has 1 aliphatic heterocycles. The number of nitrogens with zero attached hydrogens (tertiary/aromatic N) is 1. The lowest BCUT2D eigenvalue weighted by Crippen LogP contribution is -2.10. The largest absolute Gasteiger partial charge is 0.316 e. The number of carbonyl (C=O) groups excluding carboxylic acids is 1. The first-order chi connectivity index (χ1) is 15.8. The highest BCUT2D eigenvalue weighted by Gasteiger charge is 2.29. The molecule has 0 aliphatic carbocycles. The zero-order chi connectivity index (χ0) is 23.2. The summed E-state index contributed by atoms with van der Waals surface area (Å²) in [4.78, 5) is 13.0. The fourth-order valence-corrected chi connectivity index (χ4v) is 6.57. The molecule has 168 valence electrons. The van der Waals surface area contributed by atoms with Gasteiger partial charge in [0.15, 0.2) is 15.6 Å². The molecule has 1 saturated heterocycles. The highest BCUT2D eigenvalue weighted by Crippen LogP contribution is 2.35. The number of ketones is 1. The van der Waals surface area contributed by atoms with Crippen LogP contribution in [0.4, 0.5) is 4.39 Å². The lowest BCUT2D eigenvalue weighted by atomic mass is 9.96. The van der Waals surface area contributed by atoms with Crippen molar-refractivity contribution in [3.05, 3.63) is 89.3 Å². The van der Waals surface area contributed by atoms with Gasteiger partial charge in [0, 0.05) is 39.8 Å². The number of carbonyl (C=O) groups is 1. The Labute approximate surface area is 196 Å². The molecule has 1 unspecified atom stereocenters. The third-order valence-electron chi connectivity index (χ3n) is 6.17. The van der Waals surface area contributed by atoms with Crippen LogP contribution in [0.5, 0.6) is 0 Å². The molecule has 0 N–H and O–H groups in total. The number of benzene rings is 3. The van der Waals surface area contributed by atoms with Crippen molar-refractivity contribution in [1.29, 1.82) is 0 Å². The van der Waals surface area contributed by atoms with Gasteiger partial charge in [-0.3, -0.25) is 4.79 Å². The fourth-order valence-electron chi connectivity index (χ4n) is 4.51. The summed E-state index contributed by atoms with van der Waals surface area (Å²) in [6.45, 7) is 0. The molecule has 7 heteroatoms. The summed E-state index contributed by atoms with van der Waals surface area (Å²) in [6, 6.07) is 19.2. The topological polar surface area (TPSA) is 56.1 Å². The molecule has 1 aromatic heterocycles. The summed E-state index contributed by atoms with van der Waals surface area (Å²) >= 11 is 6.22. The lowest BCUT2D eigenvalue weighted by molar-refractivity contribution is 0.0966. The van der Waals surface area contributed by atoms with Gasteiger partial charge in [-0.15, -0.1) is 0 Å². The maximum absolute atomic E-state index is 13.5. The van der Waals surface area contributed by atoms with Crippen LogP contribution in [-0.4, -0.2) is 30.3 Å². The van der Waals surface area contributed by atoms with Crippen LogP contribution >= 0.6 is 11.6 Å². The monoisotopic (exact) mass is 481 g/mol. The van der Waals surface area contributed by atoms with Gasteiger partial charge in [0.2, 0.25) is 0 Å². The van der Waals surface area contributed by atoms with Crippen LogP contribution in [0.25, 0.3) is 27.7 Å². The first kappa shape index (κ1) is 21.9. The van der Waals surface area contributed by atoms with Crippen molar-refractivity contribution >= 4 is 38.1 Å². The standard InChI is InChI=1S/C26H21ClFNO3S/c27-20-3-1-2-18(13-20)24-15-29(22-7-5-21(28)6-8-22)25-14-19(4-9-23(24)25)26(30)12-17-10-11-33(31,32)16-17/h1-9,13-15,17H,10-12,16H2. The minimum atomic E-state index is -3.03. The average Bonchev–Trinajstić information content (AvgIpc) is 3.33. The van der Waals surface area contributed by atoms with Gasteiger partial charge in [-0.2, -0.15) is 0 Å². The molecule has 0 spiro atoms. The molecular formula is C26H21ClFNO3S. The van der Waals surface area contributed by atoms with E-state index in [1.54, 1.807) is 18.2 Å².